The Bertz CT molecular complexity index is 2500. The Balaban J connectivity index is 1.51. The molecule has 0 bridgehead atoms. The van der Waals surface area contributed by atoms with Crippen molar-refractivity contribution in [3.05, 3.63) is 103 Å². The lowest BCUT2D eigenvalue weighted by Crippen LogP contribution is -2.57. The molecule has 0 radical (unpaired) electrons. The van der Waals surface area contributed by atoms with Gasteiger partial charge in [-0.15, -0.1) is 22.7 Å². The van der Waals surface area contributed by atoms with Crippen LogP contribution in [0.1, 0.15) is 0 Å². The van der Waals surface area contributed by atoms with E-state index in [1.807, 2.05) is 34.8 Å². The van der Waals surface area contributed by atoms with Crippen LogP contribution in [0.4, 0.5) is 0 Å². The third-order valence-electron chi connectivity index (χ3n) is 8.79. The van der Waals surface area contributed by atoms with Gasteiger partial charge in [0.25, 0.3) is 6.71 Å². The largest absolute Gasteiger partial charge is 0.453 e. The molecule has 0 fully saturated rings. The van der Waals surface area contributed by atoms with Gasteiger partial charge in [-0.25, -0.2) is 0 Å². The molecule has 0 atom stereocenters. The molecular formula is C34H17BN2O2S2. The zero-order valence-electron chi connectivity index (χ0n) is 21.4. The molecule has 0 aliphatic carbocycles. The van der Waals surface area contributed by atoms with Crippen molar-refractivity contribution in [2.45, 2.75) is 0 Å². The Hall–Kier alpha value is -4.72. The quantitative estimate of drug-likeness (QED) is 0.140. The van der Waals surface area contributed by atoms with Crippen LogP contribution in [-0.4, -0.2) is 15.8 Å². The highest BCUT2D eigenvalue weighted by molar-refractivity contribution is 7.40. The van der Waals surface area contributed by atoms with E-state index < -0.39 is 0 Å². The van der Waals surface area contributed by atoms with E-state index in [9.17, 15) is 0 Å². The van der Waals surface area contributed by atoms with Crippen LogP contribution < -0.4 is 15.0 Å². The standard InChI is InChI=1S/C34H17BN2O2S2/c1-7-15-26-18(9-1)29-33(40-26)35-28-31-24(38-22-13-5-3-11-20(22)36(29)31)17-25-32(28)37(21-12-4-6-14-23(21)39-25)30-19-10-2-8-16-27(19)41-34(30)35/h1-17H. The maximum atomic E-state index is 6.70. The molecule has 9 aromatic rings. The first kappa shape index (κ1) is 21.1. The Labute approximate surface area is 240 Å². The van der Waals surface area contributed by atoms with Gasteiger partial charge in [-0.1, -0.05) is 60.7 Å². The molecule has 190 valence electrons. The lowest BCUT2D eigenvalue weighted by Gasteiger charge is -2.32. The minimum absolute atomic E-state index is 0.0775. The number of fused-ring (bicyclic) bond motifs is 14. The summed E-state index contributed by atoms with van der Waals surface area (Å²) in [5.41, 5.74) is 11.6. The number of hydrogen-bond donors (Lipinski definition) is 0. The second-order valence-corrected chi connectivity index (χ2v) is 13.0. The minimum Gasteiger partial charge on any atom is -0.453 e. The molecule has 4 nitrogen and oxygen atoms in total. The number of aromatic nitrogens is 2. The summed E-state index contributed by atoms with van der Waals surface area (Å²) in [7, 11) is 0. The maximum absolute atomic E-state index is 6.70. The summed E-state index contributed by atoms with van der Waals surface area (Å²) in [6.45, 7) is 0.0775. The Morgan fingerprint density at radius 1 is 0.512 bits per heavy atom. The van der Waals surface area contributed by atoms with Crippen LogP contribution in [0, 0.1) is 0 Å². The average molecular weight is 560 g/mol. The second-order valence-electron chi connectivity index (χ2n) is 10.8. The van der Waals surface area contributed by atoms with Gasteiger partial charge in [0.1, 0.15) is 0 Å². The van der Waals surface area contributed by atoms with Gasteiger partial charge < -0.3 is 18.0 Å². The minimum atomic E-state index is 0.0775. The van der Waals surface area contributed by atoms with Crippen LogP contribution in [0.2, 0.25) is 0 Å². The molecule has 0 unspecified atom stereocenters. The van der Waals surface area contributed by atoms with E-state index in [0.717, 1.165) is 44.4 Å². The molecule has 11 rings (SSSR count). The third kappa shape index (κ3) is 2.41. The summed E-state index contributed by atoms with van der Waals surface area (Å²) >= 11 is 3.84. The summed E-state index contributed by atoms with van der Waals surface area (Å²) in [6, 6.07) is 36.6. The van der Waals surface area contributed by atoms with Crippen molar-refractivity contribution < 1.29 is 8.83 Å². The van der Waals surface area contributed by atoms with Gasteiger partial charge in [-0.05, 0) is 41.9 Å². The first-order valence-corrected chi connectivity index (χ1v) is 15.4. The van der Waals surface area contributed by atoms with Crippen LogP contribution >= 0.6 is 22.7 Å². The fourth-order valence-corrected chi connectivity index (χ4v) is 9.95. The van der Waals surface area contributed by atoms with E-state index in [0.29, 0.717) is 0 Å². The predicted molar refractivity (Wildman–Crippen MR) is 173 cm³/mol. The Morgan fingerprint density at radius 2 is 0.976 bits per heavy atom. The molecule has 6 heterocycles. The third-order valence-corrected chi connectivity index (χ3v) is 11.2. The van der Waals surface area contributed by atoms with Crippen LogP contribution in [-0.2, 0) is 0 Å². The van der Waals surface area contributed by atoms with E-state index in [1.54, 1.807) is 0 Å². The molecule has 0 N–H and O–H groups in total. The predicted octanol–water partition coefficient (Wildman–Crippen LogP) is 7.76. The van der Waals surface area contributed by atoms with Crippen LogP contribution in [0.15, 0.2) is 112 Å². The number of nitrogens with zero attached hydrogens (tertiary/aromatic N) is 2. The lowest BCUT2D eigenvalue weighted by molar-refractivity contribution is 0.639. The van der Waals surface area contributed by atoms with E-state index in [-0.39, 0.29) is 6.71 Å². The summed E-state index contributed by atoms with van der Waals surface area (Å²) in [5, 5.41) is 2.57. The van der Waals surface area contributed by atoms with E-state index in [1.165, 1.54) is 46.6 Å². The van der Waals surface area contributed by atoms with Crippen LogP contribution in [0.25, 0.3) is 75.9 Å². The first-order chi connectivity index (χ1) is 20.3. The molecule has 7 heteroatoms. The molecule has 41 heavy (non-hydrogen) atoms. The second kappa shape index (κ2) is 7.13. The average Bonchev–Trinajstić information content (AvgIpc) is 3.59. The van der Waals surface area contributed by atoms with Gasteiger partial charge in [0.15, 0.2) is 22.3 Å². The van der Waals surface area contributed by atoms with E-state index in [4.69, 9.17) is 8.83 Å². The monoisotopic (exact) mass is 560 g/mol. The molecule has 5 aromatic carbocycles. The van der Waals surface area contributed by atoms with Crippen molar-refractivity contribution in [3.63, 3.8) is 0 Å². The number of hydrogen-bond acceptors (Lipinski definition) is 4. The molecule has 0 amide bonds. The fourth-order valence-electron chi connectivity index (χ4n) is 7.26. The zero-order chi connectivity index (χ0) is 26.4. The van der Waals surface area contributed by atoms with Gasteiger partial charge >= 0.3 is 0 Å². The van der Waals surface area contributed by atoms with Crippen molar-refractivity contribution in [1.82, 2.24) is 9.13 Å². The van der Waals surface area contributed by atoms with E-state index in [2.05, 4.69) is 100 Å². The highest BCUT2D eigenvalue weighted by Gasteiger charge is 2.44. The van der Waals surface area contributed by atoms with Gasteiger partial charge in [-0.2, -0.15) is 0 Å². The SMILES string of the molecule is c1ccc2c(c1)oc1cc3oc4ccccc4n4c3c3c1n2-c1c(sc2ccccc12)B3c1sc2ccccc2c1-4. The molecular weight excluding hydrogens is 543 g/mol. The summed E-state index contributed by atoms with van der Waals surface area (Å²) in [5.74, 6) is 0. The van der Waals surface area contributed by atoms with Crippen LogP contribution in [0.3, 0.4) is 0 Å². The van der Waals surface area contributed by atoms with Gasteiger partial charge in [0.2, 0.25) is 0 Å². The lowest BCUT2D eigenvalue weighted by atomic mass is 9.40. The van der Waals surface area contributed by atoms with Crippen molar-refractivity contribution in [1.29, 1.82) is 0 Å². The molecule has 2 aliphatic heterocycles. The van der Waals surface area contributed by atoms with Crippen molar-refractivity contribution in [2.24, 2.45) is 0 Å². The number of benzene rings is 5. The first-order valence-electron chi connectivity index (χ1n) is 13.7. The molecule has 0 saturated heterocycles. The molecule has 4 aromatic heterocycles. The Kier molecular flexibility index (Phi) is 3.67. The fraction of sp³-hybridized carbons (Fsp3) is 0. The van der Waals surface area contributed by atoms with Gasteiger partial charge in [-0.3, -0.25) is 0 Å². The molecule has 0 saturated carbocycles. The highest BCUT2D eigenvalue weighted by atomic mass is 32.1. The molecule has 2 aliphatic rings. The number of rotatable bonds is 0. The maximum Gasteiger partial charge on any atom is 0.277 e. The molecule has 0 spiro atoms. The summed E-state index contributed by atoms with van der Waals surface area (Å²) in [4.78, 5) is 0. The number of para-hydroxylation sites is 4. The van der Waals surface area contributed by atoms with E-state index >= 15 is 0 Å². The number of thiophene rings is 2. The smallest absolute Gasteiger partial charge is 0.277 e. The van der Waals surface area contributed by atoms with Crippen molar-refractivity contribution in [2.75, 3.05) is 0 Å². The normalized spacial score (nSPS) is 13.3. The van der Waals surface area contributed by atoms with Gasteiger partial charge in [0, 0.05) is 35.8 Å². The van der Waals surface area contributed by atoms with Crippen LogP contribution in [0.5, 0.6) is 0 Å². The van der Waals surface area contributed by atoms with Crippen molar-refractivity contribution >= 4 is 109 Å². The Morgan fingerprint density at radius 3 is 1.51 bits per heavy atom. The zero-order valence-corrected chi connectivity index (χ0v) is 23.1. The summed E-state index contributed by atoms with van der Waals surface area (Å²) < 4.78 is 23.7. The topological polar surface area (TPSA) is 36.1 Å². The van der Waals surface area contributed by atoms with Gasteiger partial charge in [0.05, 0.1) is 33.4 Å². The van der Waals surface area contributed by atoms with Crippen molar-refractivity contribution in [3.8, 4) is 11.4 Å². The summed E-state index contributed by atoms with van der Waals surface area (Å²) in [6.07, 6.45) is 0. The highest BCUT2D eigenvalue weighted by Crippen LogP contribution is 2.42.